The van der Waals surface area contributed by atoms with E-state index in [1.165, 1.54) is 5.01 Å². The van der Waals surface area contributed by atoms with E-state index in [0.717, 1.165) is 23.0 Å². The van der Waals surface area contributed by atoms with Crippen LogP contribution < -0.4 is 5.43 Å². The summed E-state index contributed by atoms with van der Waals surface area (Å²) in [5.74, 6) is 0.271. The lowest BCUT2D eigenvalue weighted by Gasteiger charge is -2.18. The molecule has 0 bridgehead atoms. The predicted molar refractivity (Wildman–Crippen MR) is 66.6 cm³/mol. The third-order valence-corrected chi connectivity index (χ3v) is 3.33. The summed E-state index contributed by atoms with van der Waals surface area (Å²) < 4.78 is 0.954. The van der Waals surface area contributed by atoms with E-state index in [2.05, 4.69) is 26.3 Å². The third kappa shape index (κ3) is 3.17. The van der Waals surface area contributed by atoms with Crippen molar-refractivity contribution in [2.24, 2.45) is 0 Å². The average Bonchev–Trinajstić information content (AvgIpc) is 2.55. The van der Waals surface area contributed by atoms with Crippen LogP contribution in [0.15, 0.2) is 22.8 Å². The number of hydrogen-bond acceptors (Lipinski definition) is 3. The van der Waals surface area contributed by atoms with Gasteiger partial charge in [-0.05, 0) is 40.9 Å². The van der Waals surface area contributed by atoms with Gasteiger partial charge in [0.25, 0.3) is 0 Å². The molecule has 6 heteroatoms. The van der Waals surface area contributed by atoms with Gasteiger partial charge in [0.05, 0.1) is 0 Å². The maximum atomic E-state index is 10.8. The Morgan fingerprint density at radius 1 is 1.59 bits per heavy atom. The highest BCUT2D eigenvalue weighted by Gasteiger charge is 2.21. The molecule has 0 radical (unpaired) electrons. The van der Waals surface area contributed by atoms with Crippen molar-refractivity contribution in [3.05, 3.63) is 28.5 Å². The minimum atomic E-state index is -0.922. The molecule has 1 saturated heterocycles. The summed E-state index contributed by atoms with van der Waals surface area (Å²) >= 11 is 3.35. The van der Waals surface area contributed by atoms with Gasteiger partial charge in [0.15, 0.2) is 0 Å². The molecule has 1 fully saturated rings. The monoisotopic (exact) mass is 299 g/mol. The fourth-order valence-corrected chi connectivity index (χ4v) is 2.18. The summed E-state index contributed by atoms with van der Waals surface area (Å²) in [5, 5.41) is 10.1. The van der Waals surface area contributed by atoms with Crippen molar-refractivity contribution in [3.8, 4) is 0 Å². The number of nitrogens with zero attached hydrogens (tertiary/aromatic N) is 2. The first-order chi connectivity index (χ1) is 8.16. The van der Waals surface area contributed by atoms with Crippen molar-refractivity contribution in [2.75, 3.05) is 13.1 Å². The summed E-state index contributed by atoms with van der Waals surface area (Å²) in [6.07, 6.45) is 2.65. The second-order valence-electron chi connectivity index (χ2n) is 4.04. The summed E-state index contributed by atoms with van der Waals surface area (Å²) in [6.45, 7) is 1.14. The van der Waals surface area contributed by atoms with Gasteiger partial charge in [-0.3, -0.25) is 4.98 Å². The van der Waals surface area contributed by atoms with Gasteiger partial charge in [-0.15, -0.1) is 0 Å². The third-order valence-electron chi connectivity index (χ3n) is 2.86. The van der Waals surface area contributed by atoms with Crippen molar-refractivity contribution in [3.63, 3.8) is 0 Å². The zero-order valence-corrected chi connectivity index (χ0v) is 10.9. The molecule has 1 unspecified atom stereocenters. The van der Waals surface area contributed by atoms with Crippen LogP contribution in [-0.2, 0) is 0 Å². The summed E-state index contributed by atoms with van der Waals surface area (Å²) in [7, 11) is 0. The van der Waals surface area contributed by atoms with Crippen LogP contribution in [0.25, 0.3) is 0 Å². The number of carboxylic acid groups (broad SMARTS) is 1. The summed E-state index contributed by atoms with van der Waals surface area (Å²) in [5.41, 5.74) is 3.93. The molecule has 92 valence electrons. The minimum absolute atomic E-state index is 0.271. The largest absolute Gasteiger partial charge is 0.464 e. The van der Waals surface area contributed by atoms with Gasteiger partial charge in [-0.2, -0.15) is 0 Å². The Hall–Kier alpha value is -1.14. The molecular weight excluding hydrogens is 286 g/mol. The Balaban J connectivity index is 2.03. The number of amides is 1. The summed E-state index contributed by atoms with van der Waals surface area (Å²) in [6, 6.07) is 3.94. The molecule has 1 aromatic heterocycles. The molecule has 0 saturated carbocycles. The molecule has 2 N–H and O–H groups in total. The van der Waals surface area contributed by atoms with E-state index in [-0.39, 0.29) is 5.92 Å². The lowest BCUT2D eigenvalue weighted by atomic mass is 9.99. The van der Waals surface area contributed by atoms with Crippen LogP contribution in [0.4, 0.5) is 4.79 Å². The van der Waals surface area contributed by atoms with E-state index in [9.17, 15) is 4.79 Å². The normalized spacial score (nSPS) is 21.0. The molecule has 1 atom stereocenters. The van der Waals surface area contributed by atoms with Gasteiger partial charge in [-0.1, -0.05) is 0 Å². The zero-order chi connectivity index (χ0) is 12.3. The average molecular weight is 300 g/mol. The lowest BCUT2D eigenvalue weighted by molar-refractivity contribution is 0.124. The number of hydrazine groups is 1. The maximum absolute atomic E-state index is 10.8. The van der Waals surface area contributed by atoms with Crippen molar-refractivity contribution in [1.29, 1.82) is 0 Å². The van der Waals surface area contributed by atoms with E-state index in [1.807, 2.05) is 12.1 Å². The van der Waals surface area contributed by atoms with Gasteiger partial charge in [0.2, 0.25) is 0 Å². The quantitative estimate of drug-likeness (QED) is 0.834. The molecule has 1 amide bonds. The van der Waals surface area contributed by atoms with Gasteiger partial charge >= 0.3 is 6.09 Å². The molecule has 2 rings (SSSR count). The number of halogens is 1. The van der Waals surface area contributed by atoms with Crippen LogP contribution in [-0.4, -0.2) is 34.3 Å². The highest BCUT2D eigenvalue weighted by atomic mass is 79.9. The predicted octanol–water partition coefficient (Wildman–Crippen LogP) is 2.21. The van der Waals surface area contributed by atoms with E-state index < -0.39 is 6.09 Å². The molecule has 1 aromatic rings. The van der Waals surface area contributed by atoms with Gasteiger partial charge in [0, 0.05) is 35.4 Å². The van der Waals surface area contributed by atoms with Gasteiger partial charge in [-0.25, -0.2) is 15.2 Å². The number of nitrogens with one attached hydrogen (secondary N) is 1. The topological polar surface area (TPSA) is 65.5 Å². The highest BCUT2D eigenvalue weighted by molar-refractivity contribution is 9.10. The highest BCUT2D eigenvalue weighted by Crippen LogP contribution is 2.22. The van der Waals surface area contributed by atoms with E-state index >= 15 is 0 Å². The standard InChI is InChI=1S/C11H14BrN3O2/c12-9-3-4-10(13-7-9)8-2-1-5-15(11(16)17)14-6-8/h3-4,7-8,14H,1-2,5-6H2,(H,16,17). The Labute approximate surface area is 108 Å². The van der Waals surface area contributed by atoms with Crippen molar-refractivity contribution >= 4 is 22.0 Å². The molecule has 2 heterocycles. The molecule has 0 spiro atoms. The van der Waals surface area contributed by atoms with Crippen LogP contribution in [0, 0.1) is 0 Å². The smallest absolute Gasteiger partial charge is 0.421 e. The van der Waals surface area contributed by atoms with Crippen molar-refractivity contribution in [1.82, 2.24) is 15.4 Å². The van der Waals surface area contributed by atoms with E-state index in [4.69, 9.17) is 5.11 Å². The molecular formula is C11H14BrN3O2. The molecule has 0 aromatic carbocycles. The SMILES string of the molecule is O=C(O)N1CCCC(c2ccc(Br)cn2)CN1. The fraction of sp³-hybridized carbons (Fsp3) is 0.455. The summed E-state index contributed by atoms with van der Waals surface area (Å²) in [4.78, 5) is 15.2. The van der Waals surface area contributed by atoms with Crippen molar-refractivity contribution < 1.29 is 9.90 Å². The maximum Gasteiger partial charge on any atom is 0.421 e. The first-order valence-corrected chi connectivity index (χ1v) is 6.31. The fourth-order valence-electron chi connectivity index (χ4n) is 1.94. The second kappa shape index (κ2) is 5.46. The number of carbonyl (C=O) groups is 1. The first kappa shape index (κ1) is 12.3. The lowest BCUT2D eigenvalue weighted by Crippen LogP contribution is -2.42. The molecule has 1 aliphatic rings. The Morgan fingerprint density at radius 3 is 3.06 bits per heavy atom. The molecule has 17 heavy (non-hydrogen) atoms. The van der Waals surface area contributed by atoms with Crippen LogP contribution in [0.1, 0.15) is 24.5 Å². The number of rotatable bonds is 1. The van der Waals surface area contributed by atoms with Crippen molar-refractivity contribution in [2.45, 2.75) is 18.8 Å². The minimum Gasteiger partial charge on any atom is -0.464 e. The number of pyridine rings is 1. The van der Waals surface area contributed by atoms with Gasteiger partial charge in [0.1, 0.15) is 0 Å². The van der Waals surface area contributed by atoms with Crippen LogP contribution in [0.5, 0.6) is 0 Å². The Bertz CT molecular complexity index is 396. The second-order valence-corrected chi connectivity index (χ2v) is 4.95. The first-order valence-electron chi connectivity index (χ1n) is 5.52. The van der Waals surface area contributed by atoms with Crippen LogP contribution in [0.2, 0.25) is 0 Å². The van der Waals surface area contributed by atoms with E-state index in [1.54, 1.807) is 6.20 Å². The molecule has 0 aliphatic carbocycles. The number of aromatic nitrogens is 1. The van der Waals surface area contributed by atoms with Crippen LogP contribution >= 0.6 is 15.9 Å². The number of hydrogen-bond donors (Lipinski definition) is 2. The zero-order valence-electron chi connectivity index (χ0n) is 9.27. The Morgan fingerprint density at radius 2 is 2.41 bits per heavy atom. The van der Waals surface area contributed by atoms with Crippen LogP contribution in [0.3, 0.4) is 0 Å². The van der Waals surface area contributed by atoms with E-state index in [0.29, 0.717) is 13.1 Å². The molecule has 1 aliphatic heterocycles. The Kier molecular flexibility index (Phi) is 3.96. The molecule has 5 nitrogen and oxygen atoms in total. The van der Waals surface area contributed by atoms with Gasteiger partial charge < -0.3 is 5.11 Å².